The second-order valence-electron chi connectivity index (χ2n) is 4.40. The maximum Gasteiger partial charge on any atom is 0.311 e. The van der Waals surface area contributed by atoms with Crippen LogP contribution in [0.2, 0.25) is 0 Å². The monoisotopic (exact) mass is 271 g/mol. The van der Waals surface area contributed by atoms with Crippen LogP contribution in [0.15, 0.2) is 18.2 Å². The SMILES string of the molecule is CCCC(C)COc1ccc(CCl)cc1[N+](=O)[O-]. The number of hydrogen-bond acceptors (Lipinski definition) is 3. The van der Waals surface area contributed by atoms with E-state index in [-0.39, 0.29) is 11.6 Å². The lowest BCUT2D eigenvalue weighted by molar-refractivity contribution is -0.386. The molecule has 0 saturated heterocycles. The van der Waals surface area contributed by atoms with Crippen LogP contribution < -0.4 is 4.74 Å². The van der Waals surface area contributed by atoms with Crippen molar-refractivity contribution in [3.63, 3.8) is 0 Å². The van der Waals surface area contributed by atoms with Crippen LogP contribution in [0.4, 0.5) is 5.69 Å². The highest BCUT2D eigenvalue weighted by Gasteiger charge is 2.16. The van der Waals surface area contributed by atoms with Gasteiger partial charge in [0.25, 0.3) is 0 Å². The zero-order chi connectivity index (χ0) is 13.5. The molecule has 1 unspecified atom stereocenters. The molecule has 18 heavy (non-hydrogen) atoms. The number of rotatable bonds is 7. The Kier molecular flexibility index (Phi) is 5.92. The fourth-order valence-corrected chi connectivity index (χ4v) is 1.89. The van der Waals surface area contributed by atoms with Crippen LogP contribution in [-0.2, 0) is 5.88 Å². The third-order valence-electron chi connectivity index (χ3n) is 2.68. The van der Waals surface area contributed by atoms with Crippen LogP contribution in [0, 0.1) is 16.0 Å². The minimum atomic E-state index is -0.435. The lowest BCUT2D eigenvalue weighted by atomic mass is 10.1. The van der Waals surface area contributed by atoms with E-state index in [1.807, 2.05) is 0 Å². The second kappa shape index (κ2) is 7.21. The molecule has 1 aromatic rings. The fourth-order valence-electron chi connectivity index (χ4n) is 1.72. The number of ether oxygens (including phenoxy) is 1. The maximum absolute atomic E-state index is 10.9. The molecule has 0 saturated carbocycles. The van der Waals surface area contributed by atoms with Gasteiger partial charge >= 0.3 is 5.69 Å². The molecule has 1 atom stereocenters. The Morgan fingerprint density at radius 2 is 2.22 bits per heavy atom. The first kappa shape index (κ1) is 14.8. The van der Waals surface area contributed by atoms with E-state index in [0.717, 1.165) is 18.4 Å². The van der Waals surface area contributed by atoms with Crippen molar-refractivity contribution < 1.29 is 9.66 Å². The Morgan fingerprint density at radius 1 is 1.50 bits per heavy atom. The van der Waals surface area contributed by atoms with Crippen molar-refractivity contribution >= 4 is 17.3 Å². The summed E-state index contributed by atoms with van der Waals surface area (Å²) < 4.78 is 5.53. The van der Waals surface area contributed by atoms with E-state index in [4.69, 9.17) is 16.3 Å². The maximum atomic E-state index is 10.9. The van der Waals surface area contributed by atoms with Crippen molar-refractivity contribution in [3.8, 4) is 5.75 Å². The normalized spacial score (nSPS) is 12.2. The minimum Gasteiger partial charge on any atom is -0.487 e. The summed E-state index contributed by atoms with van der Waals surface area (Å²) in [7, 11) is 0. The van der Waals surface area contributed by atoms with E-state index < -0.39 is 4.92 Å². The predicted octanol–water partition coefficient (Wildman–Crippen LogP) is 4.15. The molecule has 1 aromatic carbocycles. The smallest absolute Gasteiger partial charge is 0.311 e. The molecule has 0 amide bonds. The van der Waals surface area contributed by atoms with E-state index >= 15 is 0 Å². The van der Waals surface area contributed by atoms with Crippen molar-refractivity contribution in [1.82, 2.24) is 0 Å². The van der Waals surface area contributed by atoms with Crippen molar-refractivity contribution in [2.75, 3.05) is 6.61 Å². The molecule has 0 radical (unpaired) electrons. The number of nitro groups is 1. The topological polar surface area (TPSA) is 52.4 Å². The first-order valence-corrected chi connectivity index (χ1v) is 6.58. The first-order valence-electron chi connectivity index (χ1n) is 6.04. The van der Waals surface area contributed by atoms with Gasteiger partial charge in [-0.1, -0.05) is 26.3 Å². The number of nitrogens with zero attached hydrogens (tertiary/aromatic N) is 1. The van der Waals surface area contributed by atoms with Gasteiger partial charge in [-0.2, -0.15) is 0 Å². The standard InChI is InChI=1S/C13H18ClNO3/c1-3-4-10(2)9-18-13-6-5-11(8-14)7-12(13)15(16)17/h5-7,10H,3-4,8-9H2,1-2H3. The van der Waals surface area contributed by atoms with Crippen molar-refractivity contribution in [3.05, 3.63) is 33.9 Å². The fraction of sp³-hybridized carbons (Fsp3) is 0.538. The summed E-state index contributed by atoms with van der Waals surface area (Å²) in [6.07, 6.45) is 2.13. The van der Waals surface area contributed by atoms with Crippen LogP contribution in [0.5, 0.6) is 5.75 Å². The summed E-state index contributed by atoms with van der Waals surface area (Å²) in [5.41, 5.74) is 0.703. The Balaban J connectivity index is 2.78. The van der Waals surface area contributed by atoms with Gasteiger partial charge in [0.15, 0.2) is 5.75 Å². The highest BCUT2D eigenvalue weighted by Crippen LogP contribution is 2.29. The molecular weight excluding hydrogens is 254 g/mol. The molecule has 0 bridgehead atoms. The van der Waals surface area contributed by atoms with Crippen LogP contribution in [0.1, 0.15) is 32.3 Å². The van der Waals surface area contributed by atoms with Gasteiger partial charge in [0, 0.05) is 11.9 Å². The summed E-state index contributed by atoms with van der Waals surface area (Å²) in [4.78, 5) is 10.5. The molecule has 0 N–H and O–H groups in total. The molecule has 0 aliphatic heterocycles. The average Bonchev–Trinajstić information content (AvgIpc) is 2.36. The van der Waals surface area contributed by atoms with Crippen LogP contribution >= 0.6 is 11.6 Å². The van der Waals surface area contributed by atoms with Crippen LogP contribution in [0.25, 0.3) is 0 Å². The van der Waals surface area contributed by atoms with E-state index in [2.05, 4.69) is 13.8 Å². The zero-order valence-electron chi connectivity index (χ0n) is 10.7. The molecule has 0 aliphatic rings. The molecule has 1 rings (SSSR count). The molecule has 4 nitrogen and oxygen atoms in total. The van der Waals surface area contributed by atoms with E-state index in [9.17, 15) is 10.1 Å². The van der Waals surface area contributed by atoms with E-state index in [1.165, 1.54) is 6.07 Å². The van der Waals surface area contributed by atoms with Gasteiger partial charge in [-0.25, -0.2) is 0 Å². The average molecular weight is 272 g/mol. The first-order chi connectivity index (χ1) is 8.58. The van der Waals surface area contributed by atoms with Crippen LogP contribution in [-0.4, -0.2) is 11.5 Å². The zero-order valence-corrected chi connectivity index (χ0v) is 11.4. The van der Waals surface area contributed by atoms with Crippen molar-refractivity contribution in [2.24, 2.45) is 5.92 Å². The van der Waals surface area contributed by atoms with Gasteiger partial charge in [-0.05, 0) is 24.0 Å². The Labute approximate surface area is 112 Å². The summed E-state index contributed by atoms with van der Waals surface area (Å²) in [6.45, 7) is 4.67. The Bertz CT molecular complexity index is 409. The van der Waals surface area contributed by atoms with Crippen molar-refractivity contribution in [2.45, 2.75) is 32.6 Å². The molecule has 0 fully saturated rings. The molecule has 0 spiro atoms. The molecule has 5 heteroatoms. The van der Waals surface area contributed by atoms with Crippen molar-refractivity contribution in [1.29, 1.82) is 0 Å². The number of benzene rings is 1. The lowest BCUT2D eigenvalue weighted by Crippen LogP contribution is -2.09. The molecule has 0 aromatic heterocycles. The van der Waals surface area contributed by atoms with E-state index in [1.54, 1.807) is 12.1 Å². The number of hydrogen-bond donors (Lipinski definition) is 0. The summed E-state index contributed by atoms with van der Waals surface area (Å²) in [5, 5.41) is 10.9. The quantitative estimate of drug-likeness (QED) is 0.425. The minimum absolute atomic E-state index is 0.0168. The summed E-state index contributed by atoms with van der Waals surface area (Å²) in [5.74, 6) is 0.965. The van der Waals surface area contributed by atoms with Gasteiger partial charge < -0.3 is 4.74 Å². The lowest BCUT2D eigenvalue weighted by Gasteiger charge is -2.12. The number of halogens is 1. The van der Waals surface area contributed by atoms with Gasteiger partial charge in [0.05, 0.1) is 11.5 Å². The molecular formula is C13H18ClNO3. The third kappa shape index (κ3) is 4.18. The van der Waals surface area contributed by atoms with Gasteiger partial charge in [-0.3, -0.25) is 10.1 Å². The summed E-state index contributed by atoms with van der Waals surface area (Å²) in [6, 6.07) is 4.83. The molecule has 100 valence electrons. The summed E-state index contributed by atoms with van der Waals surface area (Å²) >= 11 is 5.66. The number of nitro benzene ring substituents is 1. The predicted molar refractivity (Wildman–Crippen MR) is 72.2 cm³/mol. The molecule has 0 heterocycles. The number of alkyl halides is 1. The van der Waals surface area contributed by atoms with Gasteiger partial charge in [0.2, 0.25) is 0 Å². The molecule has 0 aliphatic carbocycles. The second-order valence-corrected chi connectivity index (χ2v) is 4.66. The van der Waals surface area contributed by atoms with E-state index in [0.29, 0.717) is 18.3 Å². The Morgan fingerprint density at radius 3 is 2.78 bits per heavy atom. The highest BCUT2D eigenvalue weighted by atomic mass is 35.5. The van der Waals surface area contributed by atoms with Gasteiger partial charge in [-0.15, -0.1) is 11.6 Å². The largest absolute Gasteiger partial charge is 0.487 e. The third-order valence-corrected chi connectivity index (χ3v) is 2.99. The van der Waals surface area contributed by atoms with Crippen LogP contribution in [0.3, 0.4) is 0 Å². The van der Waals surface area contributed by atoms with Gasteiger partial charge in [0.1, 0.15) is 0 Å². The highest BCUT2D eigenvalue weighted by molar-refractivity contribution is 6.17. The Hall–Kier alpha value is -1.29.